The zero-order chi connectivity index (χ0) is 16.5. The molecule has 1 aromatic rings. The smallest absolute Gasteiger partial charge is 0.216 e. The van der Waals surface area contributed by atoms with Crippen molar-refractivity contribution < 1.29 is 4.79 Å². The van der Waals surface area contributed by atoms with Gasteiger partial charge < -0.3 is 5.32 Å². The molecule has 0 aliphatic heterocycles. The zero-order valence-corrected chi connectivity index (χ0v) is 14.3. The van der Waals surface area contributed by atoms with Gasteiger partial charge in [-0.05, 0) is 26.7 Å². The predicted octanol–water partition coefficient (Wildman–Crippen LogP) is 4.97. The molecule has 0 saturated heterocycles. The molecule has 0 aliphatic rings. The normalized spacial score (nSPS) is 9.00. The van der Waals surface area contributed by atoms with Crippen molar-refractivity contribution >= 4 is 5.91 Å². The molecule has 1 N–H and O–H groups in total. The Morgan fingerprint density at radius 3 is 2.00 bits per heavy atom. The van der Waals surface area contributed by atoms with Crippen molar-refractivity contribution in [3.63, 3.8) is 0 Å². The highest BCUT2D eigenvalue weighted by Gasteiger charge is 1.87. The van der Waals surface area contributed by atoms with Crippen molar-refractivity contribution in [3.05, 3.63) is 60.2 Å². The van der Waals surface area contributed by atoms with E-state index in [1.165, 1.54) is 18.1 Å². The Balaban J connectivity index is 0. The molecule has 2 nitrogen and oxygen atoms in total. The molecule has 2 heteroatoms. The molecule has 0 aliphatic carbocycles. The molecule has 0 fully saturated rings. The molecular formula is C19H31NO. The lowest BCUT2D eigenvalue weighted by Crippen LogP contribution is -2.20. The van der Waals surface area contributed by atoms with Gasteiger partial charge in [-0.15, -0.1) is 0 Å². The summed E-state index contributed by atoms with van der Waals surface area (Å²) in [7, 11) is 0. The number of benzene rings is 1. The molecule has 0 heterocycles. The molecule has 1 aromatic carbocycles. The number of carbonyl (C=O) groups is 1. The maximum absolute atomic E-state index is 10.4. The number of allylic oxidation sites excluding steroid dienone is 3. The van der Waals surface area contributed by atoms with Crippen LogP contribution in [0.2, 0.25) is 0 Å². The van der Waals surface area contributed by atoms with E-state index in [9.17, 15) is 4.79 Å². The van der Waals surface area contributed by atoms with E-state index in [-0.39, 0.29) is 5.91 Å². The average molecular weight is 289 g/mol. The summed E-state index contributed by atoms with van der Waals surface area (Å²) in [5, 5.41) is 2.72. The molecule has 1 amide bonds. The summed E-state index contributed by atoms with van der Waals surface area (Å²) in [6.45, 7) is 14.0. The number of carbonyl (C=O) groups excluding carboxylic acids is 1. The van der Waals surface area contributed by atoms with Gasteiger partial charge in [0.1, 0.15) is 0 Å². The van der Waals surface area contributed by atoms with E-state index < -0.39 is 0 Å². The minimum atomic E-state index is 0.0395. The molecule has 1 rings (SSSR count). The van der Waals surface area contributed by atoms with E-state index in [2.05, 4.69) is 50.0 Å². The molecular weight excluding hydrogens is 258 g/mol. The lowest BCUT2D eigenvalue weighted by atomic mass is 10.2. The lowest BCUT2D eigenvalue weighted by molar-refractivity contribution is -0.118. The molecule has 0 bridgehead atoms. The van der Waals surface area contributed by atoms with Gasteiger partial charge in [-0.25, -0.2) is 0 Å². The maximum atomic E-state index is 10.4. The third-order valence-corrected chi connectivity index (χ3v) is 2.41. The van der Waals surface area contributed by atoms with E-state index in [0.29, 0.717) is 0 Å². The molecule has 0 unspecified atom stereocenters. The zero-order valence-electron chi connectivity index (χ0n) is 14.3. The average Bonchev–Trinajstić information content (AvgIpc) is 2.48. The standard InChI is InChI=1S/C9H15NO.C8H10.C2H6/c1-3-4-5-6-7-8-10-9(2)11;1-7-3-5-8(2)6-4-7;1-2/h3-5H,1,6-8H2,2H3,(H,10,11);3-6H,1-2H3;1-2H3/b5-4-;;. The highest BCUT2D eigenvalue weighted by atomic mass is 16.1. The molecule has 0 atom stereocenters. The molecule has 0 spiro atoms. The van der Waals surface area contributed by atoms with Gasteiger partial charge in [-0.2, -0.15) is 0 Å². The SMILES string of the molecule is C=C/C=C\CCCNC(C)=O.CC.Cc1ccc(C)cc1. The first-order chi connectivity index (χ1) is 10.1. The van der Waals surface area contributed by atoms with Gasteiger partial charge in [0.05, 0.1) is 0 Å². The number of hydrogen-bond acceptors (Lipinski definition) is 1. The van der Waals surface area contributed by atoms with Crippen LogP contribution in [0.4, 0.5) is 0 Å². The van der Waals surface area contributed by atoms with Crippen molar-refractivity contribution in [2.45, 2.75) is 47.5 Å². The Morgan fingerprint density at radius 2 is 1.62 bits per heavy atom. The van der Waals surface area contributed by atoms with Crippen LogP contribution in [0.5, 0.6) is 0 Å². The summed E-state index contributed by atoms with van der Waals surface area (Å²) in [6.07, 6.45) is 7.68. The van der Waals surface area contributed by atoms with Crippen LogP contribution in [0.3, 0.4) is 0 Å². The van der Waals surface area contributed by atoms with Crippen LogP contribution in [0, 0.1) is 13.8 Å². The molecule has 118 valence electrons. The van der Waals surface area contributed by atoms with Crippen LogP contribution < -0.4 is 5.32 Å². The highest BCUT2D eigenvalue weighted by molar-refractivity contribution is 5.72. The van der Waals surface area contributed by atoms with Gasteiger partial charge in [-0.3, -0.25) is 4.79 Å². The second-order valence-corrected chi connectivity index (χ2v) is 4.44. The van der Waals surface area contributed by atoms with Crippen LogP contribution in [0.1, 0.15) is 44.7 Å². The molecule has 0 radical (unpaired) electrons. The quantitative estimate of drug-likeness (QED) is 0.601. The van der Waals surface area contributed by atoms with Gasteiger partial charge in [0, 0.05) is 13.5 Å². The Kier molecular flexibility index (Phi) is 16.6. The minimum absolute atomic E-state index is 0.0395. The van der Waals surface area contributed by atoms with E-state index in [1.807, 2.05) is 26.0 Å². The van der Waals surface area contributed by atoms with Crippen molar-refractivity contribution in [1.82, 2.24) is 5.32 Å². The Bertz CT molecular complexity index is 370. The summed E-state index contributed by atoms with van der Waals surface area (Å²) in [5.74, 6) is 0.0395. The fourth-order valence-corrected chi connectivity index (χ4v) is 1.31. The first-order valence-corrected chi connectivity index (χ1v) is 7.61. The topological polar surface area (TPSA) is 29.1 Å². The summed E-state index contributed by atoms with van der Waals surface area (Å²) in [4.78, 5) is 10.4. The lowest BCUT2D eigenvalue weighted by Gasteiger charge is -1.97. The third-order valence-electron chi connectivity index (χ3n) is 2.41. The van der Waals surface area contributed by atoms with Gasteiger partial charge in [-0.1, -0.05) is 74.0 Å². The Hall–Kier alpha value is -1.83. The van der Waals surface area contributed by atoms with Crippen molar-refractivity contribution in [1.29, 1.82) is 0 Å². The fraction of sp³-hybridized carbons (Fsp3) is 0.421. The van der Waals surface area contributed by atoms with Crippen molar-refractivity contribution in [2.24, 2.45) is 0 Å². The maximum Gasteiger partial charge on any atom is 0.216 e. The minimum Gasteiger partial charge on any atom is -0.356 e. The number of unbranched alkanes of at least 4 members (excludes halogenated alkanes) is 1. The van der Waals surface area contributed by atoms with E-state index in [1.54, 1.807) is 6.08 Å². The fourth-order valence-electron chi connectivity index (χ4n) is 1.31. The third kappa shape index (κ3) is 18.2. The first kappa shape index (κ1) is 21.5. The summed E-state index contributed by atoms with van der Waals surface area (Å²) in [6, 6.07) is 8.48. The molecule has 21 heavy (non-hydrogen) atoms. The van der Waals surface area contributed by atoms with E-state index >= 15 is 0 Å². The predicted molar refractivity (Wildman–Crippen MR) is 94.5 cm³/mol. The van der Waals surface area contributed by atoms with Crippen molar-refractivity contribution in [2.75, 3.05) is 6.54 Å². The van der Waals surface area contributed by atoms with Crippen LogP contribution in [0.15, 0.2) is 49.1 Å². The van der Waals surface area contributed by atoms with Crippen LogP contribution in [-0.2, 0) is 4.79 Å². The van der Waals surface area contributed by atoms with Gasteiger partial charge in [0.15, 0.2) is 0 Å². The van der Waals surface area contributed by atoms with Gasteiger partial charge in [0.2, 0.25) is 5.91 Å². The first-order valence-electron chi connectivity index (χ1n) is 7.61. The van der Waals surface area contributed by atoms with E-state index in [0.717, 1.165) is 19.4 Å². The van der Waals surface area contributed by atoms with Gasteiger partial charge >= 0.3 is 0 Å². The largest absolute Gasteiger partial charge is 0.356 e. The summed E-state index contributed by atoms with van der Waals surface area (Å²) >= 11 is 0. The van der Waals surface area contributed by atoms with Crippen molar-refractivity contribution in [3.8, 4) is 0 Å². The second-order valence-electron chi connectivity index (χ2n) is 4.44. The number of rotatable bonds is 5. The monoisotopic (exact) mass is 289 g/mol. The summed E-state index contributed by atoms with van der Waals surface area (Å²) in [5.41, 5.74) is 2.66. The number of amides is 1. The second kappa shape index (κ2) is 16.2. The number of hydrogen-bond donors (Lipinski definition) is 1. The van der Waals surface area contributed by atoms with Crippen LogP contribution in [-0.4, -0.2) is 12.5 Å². The Morgan fingerprint density at radius 1 is 1.14 bits per heavy atom. The Labute approximate surface area is 131 Å². The van der Waals surface area contributed by atoms with Gasteiger partial charge in [0.25, 0.3) is 0 Å². The molecule has 0 aromatic heterocycles. The highest BCUT2D eigenvalue weighted by Crippen LogP contribution is 1.99. The summed E-state index contributed by atoms with van der Waals surface area (Å²) < 4.78 is 0. The van der Waals surface area contributed by atoms with Crippen LogP contribution >= 0.6 is 0 Å². The number of nitrogens with one attached hydrogen (secondary N) is 1. The van der Waals surface area contributed by atoms with E-state index in [4.69, 9.17) is 0 Å². The van der Waals surface area contributed by atoms with Crippen LogP contribution in [0.25, 0.3) is 0 Å². The molecule has 0 saturated carbocycles. The number of aryl methyl sites for hydroxylation is 2.